The Morgan fingerprint density at radius 1 is 1.06 bits per heavy atom. The average Bonchev–Trinajstić information content (AvgIpc) is 2.36. The summed E-state index contributed by atoms with van der Waals surface area (Å²) in [6.07, 6.45) is 0. The molecule has 0 radical (unpaired) electrons. The van der Waals surface area contributed by atoms with Crippen LogP contribution in [0, 0.1) is 5.82 Å². The van der Waals surface area contributed by atoms with Crippen LogP contribution in [-0.4, -0.2) is 5.11 Å². The van der Waals surface area contributed by atoms with Gasteiger partial charge in [-0.2, -0.15) is 0 Å². The highest BCUT2D eigenvalue weighted by molar-refractivity contribution is 6.32. The van der Waals surface area contributed by atoms with Gasteiger partial charge in [0.2, 0.25) is 0 Å². The zero-order valence-electron chi connectivity index (χ0n) is 9.16. The van der Waals surface area contributed by atoms with E-state index >= 15 is 0 Å². The van der Waals surface area contributed by atoms with Crippen LogP contribution in [0.15, 0.2) is 36.4 Å². The lowest BCUT2D eigenvalue weighted by Crippen LogP contribution is -1.89. The molecule has 0 amide bonds. The highest BCUT2D eigenvalue weighted by atomic mass is 35.5. The molecule has 5 heteroatoms. The zero-order chi connectivity index (χ0) is 13.1. The van der Waals surface area contributed by atoms with Gasteiger partial charge in [0, 0.05) is 6.07 Å². The third kappa shape index (κ3) is 2.93. The van der Waals surface area contributed by atoms with Crippen LogP contribution < -0.4 is 4.74 Å². The summed E-state index contributed by atoms with van der Waals surface area (Å²) in [5.74, 6) is 0.294. The second-order valence-electron chi connectivity index (χ2n) is 3.60. The largest absolute Gasteiger partial charge is 0.456 e. The zero-order valence-corrected chi connectivity index (χ0v) is 10.7. The minimum absolute atomic E-state index is 0.0180. The summed E-state index contributed by atoms with van der Waals surface area (Å²) in [6, 6.07) is 8.96. The highest BCUT2D eigenvalue weighted by Crippen LogP contribution is 2.31. The monoisotopic (exact) mass is 286 g/mol. The van der Waals surface area contributed by atoms with Crippen molar-refractivity contribution >= 4 is 23.2 Å². The summed E-state index contributed by atoms with van der Waals surface area (Å²) >= 11 is 11.6. The Bertz CT molecular complexity index is 573. The van der Waals surface area contributed by atoms with Crippen LogP contribution >= 0.6 is 23.2 Å². The predicted octanol–water partition coefficient (Wildman–Crippen LogP) is 4.42. The molecule has 2 nitrogen and oxygen atoms in total. The number of ether oxygens (including phenoxy) is 1. The molecule has 2 aromatic carbocycles. The van der Waals surface area contributed by atoms with Gasteiger partial charge in [-0.3, -0.25) is 0 Å². The van der Waals surface area contributed by atoms with Crippen molar-refractivity contribution in [3.8, 4) is 11.5 Å². The topological polar surface area (TPSA) is 29.5 Å². The van der Waals surface area contributed by atoms with Gasteiger partial charge in [-0.05, 0) is 29.8 Å². The van der Waals surface area contributed by atoms with Gasteiger partial charge < -0.3 is 9.84 Å². The van der Waals surface area contributed by atoms with Gasteiger partial charge in [0.05, 0.1) is 16.7 Å². The standard InChI is InChI=1S/C13H9Cl2FO2/c14-10-6-9(2-3-12(10)16)18-13-4-1-8(7-17)5-11(13)15/h1-6,17H,7H2. The molecule has 0 aliphatic rings. The maximum absolute atomic E-state index is 13.0. The number of rotatable bonds is 3. The number of aliphatic hydroxyl groups excluding tert-OH is 1. The van der Waals surface area contributed by atoms with E-state index in [1.54, 1.807) is 18.2 Å². The van der Waals surface area contributed by atoms with E-state index in [0.717, 1.165) is 0 Å². The van der Waals surface area contributed by atoms with E-state index in [4.69, 9.17) is 33.0 Å². The normalized spacial score (nSPS) is 10.4. The Morgan fingerprint density at radius 2 is 1.83 bits per heavy atom. The van der Waals surface area contributed by atoms with Crippen LogP contribution in [0.25, 0.3) is 0 Å². The van der Waals surface area contributed by atoms with E-state index in [1.165, 1.54) is 18.2 Å². The summed E-state index contributed by atoms with van der Waals surface area (Å²) in [6.45, 7) is -0.0949. The van der Waals surface area contributed by atoms with Crippen LogP contribution in [0.4, 0.5) is 4.39 Å². The van der Waals surface area contributed by atoms with Crippen molar-refractivity contribution in [2.24, 2.45) is 0 Å². The number of benzene rings is 2. The third-order valence-electron chi connectivity index (χ3n) is 2.30. The number of halogens is 3. The van der Waals surface area contributed by atoms with E-state index in [9.17, 15) is 4.39 Å². The van der Waals surface area contributed by atoms with Crippen LogP contribution in [0.3, 0.4) is 0 Å². The summed E-state index contributed by atoms with van der Waals surface area (Å²) in [7, 11) is 0. The molecule has 2 aromatic rings. The molecule has 0 aliphatic heterocycles. The molecular formula is C13H9Cl2FO2. The Balaban J connectivity index is 2.25. The molecule has 2 rings (SSSR count). The van der Waals surface area contributed by atoms with Crippen molar-refractivity contribution < 1.29 is 14.2 Å². The van der Waals surface area contributed by atoms with Gasteiger partial charge in [-0.15, -0.1) is 0 Å². The Labute approximate surface area is 114 Å². The maximum atomic E-state index is 13.0. The summed E-state index contributed by atoms with van der Waals surface area (Å²) in [5.41, 5.74) is 0.685. The van der Waals surface area contributed by atoms with Crippen molar-refractivity contribution in [2.75, 3.05) is 0 Å². The van der Waals surface area contributed by atoms with E-state index in [-0.39, 0.29) is 11.6 Å². The Kier molecular flexibility index (Phi) is 4.07. The first-order valence-electron chi connectivity index (χ1n) is 5.12. The lowest BCUT2D eigenvalue weighted by molar-refractivity contribution is 0.281. The third-order valence-corrected chi connectivity index (χ3v) is 2.88. The molecule has 0 aromatic heterocycles. The molecular weight excluding hydrogens is 278 g/mol. The number of aliphatic hydroxyl groups is 1. The molecule has 0 fully saturated rings. The van der Waals surface area contributed by atoms with Crippen molar-refractivity contribution in [2.45, 2.75) is 6.61 Å². The van der Waals surface area contributed by atoms with Gasteiger partial charge in [0.15, 0.2) is 0 Å². The van der Waals surface area contributed by atoms with Gasteiger partial charge in [-0.25, -0.2) is 4.39 Å². The van der Waals surface area contributed by atoms with E-state index in [2.05, 4.69) is 0 Å². The molecule has 0 saturated heterocycles. The molecule has 94 valence electrons. The van der Waals surface area contributed by atoms with Crippen LogP contribution in [0.5, 0.6) is 11.5 Å². The van der Waals surface area contributed by atoms with Gasteiger partial charge in [-0.1, -0.05) is 29.3 Å². The van der Waals surface area contributed by atoms with Crippen molar-refractivity contribution in [3.63, 3.8) is 0 Å². The number of hydrogen-bond acceptors (Lipinski definition) is 2. The molecule has 0 unspecified atom stereocenters. The molecule has 0 spiro atoms. The maximum Gasteiger partial charge on any atom is 0.146 e. The molecule has 18 heavy (non-hydrogen) atoms. The van der Waals surface area contributed by atoms with Crippen molar-refractivity contribution in [3.05, 3.63) is 57.8 Å². The smallest absolute Gasteiger partial charge is 0.146 e. The second kappa shape index (κ2) is 5.57. The molecule has 0 saturated carbocycles. The molecule has 1 N–H and O–H groups in total. The van der Waals surface area contributed by atoms with Crippen molar-refractivity contribution in [1.82, 2.24) is 0 Å². The molecule has 0 aliphatic carbocycles. The average molecular weight is 287 g/mol. The fourth-order valence-electron chi connectivity index (χ4n) is 1.39. The Morgan fingerprint density at radius 3 is 2.44 bits per heavy atom. The quantitative estimate of drug-likeness (QED) is 0.905. The van der Waals surface area contributed by atoms with Gasteiger partial charge >= 0.3 is 0 Å². The molecule has 0 atom stereocenters. The summed E-state index contributed by atoms with van der Waals surface area (Å²) in [5, 5.41) is 9.30. The van der Waals surface area contributed by atoms with Crippen molar-refractivity contribution in [1.29, 1.82) is 0 Å². The first-order valence-corrected chi connectivity index (χ1v) is 5.88. The highest BCUT2D eigenvalue weighted by Gasteiger charge is 2.06. The first-order chi connectivity index (χ1) is 8.60. The lowest BCUT2D eigenvalue weighted by Gasteiger charge is -2.09. The number of hydrogen-bond donors (Lipinski definition) is 1. The fourth-order valence-corrected chi connectivity index (χ4v) is 1.81. The SMILES string of the molecule is OCc1ccc(Oc2ccc(F)c(Cl)c2)c(Cl)c1. The molecule has 0 bridgehead atoms. The van der Waals surface area contributed by atoms with E-state index in [0.29, 0.717) is 22.1 Å². The van der Waals surface area contributed by atoms with Crippen LogP contribution in [0.1, 0.15) is 5.56 Å². The van der Waals surface area contributed by atoms with E-state index < -0.39 is 5.82 Å². The summed E-state index contributed by atoms with van der Waals surface area (Å²) in [4.78, 5) is 0. The first kappa shape index (κ1) is 13.1. The van der Waals surface area contributed by atoms with Gasteiger partial charge in [0.25, 0.3) is 0 Å². The Hall–Kier alpha value is -1.29. The second-order valence-corrected chi connectivity index (χ2v) is 4.42. The fraction of sp³-hybridized carbons (Fsp3) is 0.0769. The minimum atomic E-state index is -0.509. The molecule has 0 heterocycles. The predicted molar refractivity (Wildman–Crippen MR) is 68.9 cm³/mol. The summed E-state index contributed by atoms with van der Waals surface area (Å²) < 4.78 is 18.5. The van der Waals surface area contributed by atoms with Crippen LogP contribution in [0.2, 0.25) is 10.0 Å². The lowest BCUT2D eigenvalue weighted by atomic mass is 10.2. The van der Waals surface area contributed by atoms with Gasteiger partial charge in [0.1, 0.15) is 17.3 Å². The van der Waals surface area contributed by atoms with Crippen LogP contribution in [-0.2, 0) is 6.61 Å². The minimum Gasteiger partial charge on any atom is -0.456 e. The van der Waals surface area contributed by atoms with E-state index in [1.807, 2.05) is 0 Å².